The van der Waals surface area contributed by atoms with Crippen LogP contribution in [0, 0.1) is 5.41 Å². The van der Waals surface area contributed by atoms with Crippen molar-refractivity contribution in [2.75, 3.05) is 10.6 Å². The number of aromatic hydroxyl groups is 1. The van der Waals surface area contributed by atoms with Crippen LogP contribution >= 0.6 is 0 Å². The van der Waals surface area contributed by atoms with Crippen LogP contribution in [0.25, 0.3) is 0 Å². The van der Waals surface area contributed by atoms with Crippen molar-refractivity contribution in [3.63, 3.8) is 0 Å². The monoisotopic (exact) mass is 288 g/mol. The molecule has 1 heterocycles. The third-order valence-electron chi connectivity index (χ3n) is 4.71. The Morgan fingerprint density at radius 1 is 1.10 bits per heavy atom. The van der Waals surface area contributed by atoms with Crippen molar-refractivity contribution in [1.29, 1.82) is 0 Å². The Labute approximate surface area is 123 Å². The van der Waals surface area contributed by atoms with Crippen molar-refractivity contribution in [3.05, 3.63) is 18.2 Å². The van der Waals surface area contributed by atoms with Crippen LogP contribution < -0.4 is 10.6 Å². The van der Waals surface area contributed by atoms with E-state index in [2.05, 4.69) is 0 Å². The first-order valence-corrected chi connectivity index (χ1v) is 7.49. The van der Waals surface area contributed by atoms with E-state index in [0.717, 1.165) is 38.5 Å². The molecule has 0 bridgehead atoms. The number of rotatable bonds is 1. The number of nitrogens with two attached hydrogens (primary N) is 1. The van der Waals surface area contributed by atoms with Gasteiger partial charge < -0.3 is 10.8 Å². The van der Waals surface area contributed by atoms with E-state index < -0.39 is 5.41 Å². The zero-order valence-corrected chi connectivity index (χ0v) is 12.0. The van der Waals surface area contributed by atoms with E-state index in [1.807, 2.05) is 0 Å². The van der Waals surface area contributed by atoms with Crippen LogP contribution in [0.3, 0.4) is 0 Å². The van der Waals surface area contributed by atoms with Crippen LogP contribution in [0.5, 0.6) is 5.75 Å². The second-order valence-electron chi connectivity index (χ2n) is 6.15. The predicted octanol–water partition coefficient (Wildman–Crippen LogP) is 2.58. The Kier molecular flexibility index (Phi) is 3.35. The highest BCUT2D eigenvalue weighted by molar-refractivity contribution is 6.23. The number of benzene rings is 1. The number of phenols is 1. The van der Waals surface area contributed by atoms with Gasteiger partial charge in [-0.25, -0.2) is 4.90 Å². The molecule has 0 atom stereocenters. The fourth-order valence-corrected chi connectivity index (χ4v) is 3.58. The smallest absolute Gasteiger partial charge is 0.240 e. The van der Waals surface area contributed by atoms with Crippen molar-refractivity contribution in [1.82, 2.24) is 0 Å². The van der Waals surface area contributed by atoms with E-state index in [4.69, 9.17) is 5.73 Å². The first-order chi connectivity index (χ1) is 10.0. The molecule has 3 N–H and O–H groups in total. The fraction of sp³-hybridized carbons (Fsp3) is 0.500. The van der Waals surface area contributed by atoms with Gasteiger partial charge in [0.25, 0.3) is 0 Å². The molecular weight excluding hydrogens is 268 g/mol. The number of nitrogens with zero attached hydrogens (tertiary/aromatic N) is 1. The van der Waals surface area contributed by atoms with Crippen molar-refractivity contribution in [2.45, 2.75) is 44.9 Å². The number of amides is 2. The molecule has 0 aromatic heterocycles. The molecule has 0 radical (unpaired) electrons. The van der Waals surface area contributed by atoms with Gasteiger partial charge >= 0.3 is 0 Å². The third-order valence-corrected chi connectivity index (χ3v) is 4.71. The van der Waals surface area contributed by atoms with Gasteiger partial charge in [-0.3, -0.25) is 9.59 Å². The maximum atomic E-state index is 12.9. The van der Waals surface area contributed by atoms with E-state index in [0.29, 0.717) is 5.69 Å². The molecule has 2 aliphatic rings. The van der Waals surface area contributed by atoms with Crippen molar-refractivity contribution >= 4 is 23.2 Å². The summed E-state index contributed by atoms with van der Waals surface area (Å²) in [5, 5.41) is 9.42. The van der Waals surface area contributed by atoms with Crippen LogP contribution in [0.2, 0.25) is 0 Å². The molecule has 1 saturated heterocycles. The number of carbonyl (C=O) groups excluding carboxylic acids is 2. The largest absolute Gasteiger partial charge is 0.508 e. The van der Waals surface area contributed by atoms with E-state index in [-0.39, 0.29) is 29.7 Å². The standard InChI is InChI=1S/C16H20N2O3/c17-12-9-11(19)5-6-13(12)18-14(20)10-16(15(18)21)7-3-1-2-4-8-16/h5-6,9,19H,1-4,7-8,10,17H2. The van der Waals surface area contributed by atoms with Crippen LogP contribution in [-0.4, -0.2) is 16.9 Å². The van der Waals surface area contributed by atoms with Crippen LogP contribution in [-0.2, 0) is 9.59 Å². The minimum Gasteiger partial charge on any atom is -0.508 e. The number of hydrogen-bond acceptors (Lipinski definition) is 4. The third kappa shape index (κ3) is 2.26. The summed E-state index contributed by atoms with van der Waals surface area (Å²) in [6.07, 6.45) is 6.11. The number of phenolic OH excluding ortho intramolecular Hbond substituents is 1. The Bertz CT molecular complexity index is 589. The second kappa shape index (κ2) is 5.06. The van der Waals surface area contributed by atoms with Gasteiger partial charge in [0.1, 0.15) is 5.75 Å². The van der Waals surface area contributed by atoms with Crippen molar-refractivity contribution < 1.29 is 14.7 Å². The molecular formula is C16H20N2O3. The topological polar surface area (TPSA) is 83.6 Å². The number of hydrogen-bond donors (Lipinski definition) is 2. The number of nitrogen functional groups attached to an aromatic ring is 1. The Morgan fingerprint density at radius 3 is 2.38 bits per heavy atom. The lowest BCUT2D eigenvalue weighted by Crippen LogP contribution is -2.36. The van der Waals surface area contributed by atoms with Gasteiger partial charge in [-0.15, -0.1) is 0 Å². The minimum absolute atomic E-state index is 0.0273. The van der Waals surface area contributed by atoms with E-state index in [1.165, 1.54) is 23.1 Å². The second-order valence-corrected chi connectivity index (χ2v) is 6.15. The molecule has 1 saturated carbocycles. The summed E-state index contributed by atoms with van der Waals surface area (Å²) < 4.78 is 0. The van der Waals surface area contributed by atoms with Gasteiger partial charge in [0.05, 0.1) is 16.8 Å². The van der Waals surface area contributed by atoms with Gasteiger partial charge in [-0.2, -0.15) is 0 Å². The lowest BCUT2D eigenvalue weighted by Gasteiger charge is -2.25. The molecule has 1 aromatic rings. The van der Waals surface area contributed by atoms with Gasteiger partial charge in [-0.1, -0.05) is 25.7 Å². The SMILES string of the molecule is Nc1cc(O)ccc1N1C(=O)CC2(CCCCCC2)C1=O. The summed E-state index contributed by atoms with van der Waals surface area (Å²) in [6.45, 7) is 0. The molecule has 1 aromatic carbocycles. The quantitative estimate of drug-likeness (QED) is 0.614. The van der Waals surface area contributed by atoms with Gasteiger partial charge in [0.15, 0.2) is 0 Å². The van der Waals surface area contributed by atoms with Crippen molar-refractivity contribution in [3.8, 4) is 5.75 Å². The Balaban J connectivity index is 1.97. The van der Waals surface area contributed by atoms with Crippen LogP contribution in [0.15, 0.2) is 18.2 Å². The lowest BCUT2D eigenvalue weighted by molar-refractivity contribution is -0.126. The highest BCUT2D eigenvalue weighted by atomic mass is 16.3. The Hall–Kier alpha value is -2.04. The maximum absolute atomic E-state index is 12.9. The van der Waals surface area contributed by atoms with Crippen molar-refractivity contribution in [2.24, 2.45) is 5.41 Å². The molecule has 3 rings (SSSR count). The highest BCUT2D eigenvalue weighted by Gasteiger charge is 2.51. The first-order valence-electron chi connectivity index (χ1n) is 7.49. The molecule has 1 aliphatic heterocycles. The fourth-order valence-electron chi connectivity index (χ4n) is 3.58. The zero-order valence-electron chi connectivity index (χ0n) is 12.0. The average molecular weight is 288 g/mol. The average Bonchev–Trinajstić information content (AvgIpc) is 2.60. The van der Waals surface area contributed by atoms with Gasteiger partial charge in [0.2, 0.25) is 11.8 Å². The number of anilines is 2. The molecule has 21 heavy (non-hydrogen) atoms. The first kappa shape index (κ1) is 13.9. The molecule has 2 amide bonds. The molecule has 1 spiro atoms. The van der Waals surface area contributed by atoms with E-state index in [9.17, 15) is 14.7 Å². The summed E-state index contributed by atoms with van der Waals surface area (Å²) in [5.41, 5.74) is 5.98. The molecule has 112 valence electrons. The highest BCUT2D eigenvalue weighted by Crippen LogP contribution is 2.46. The summed E-state index contributed by atoms with van der Waals surface area (Å²) in [6, 6.07) is 4.36. The molecule has 1 aliphatic carbocycles. The molecule has 5 heteroatoms. The Morgan fingerprint density at radius 2 is 1.76 bits per heavy atom. The summed E-state index contributed by atoms with van der Waals surface area (Å²) >= 11 is 0. The summed E-state index contributed by atoms with van der Waals surface area (Å²) in [7, 11) is 0. The van der Waals surface area contributed by atoms with E-state index in [1.54, 1.807) is 0 Å². The van der Waals surface area contributed by atoms with Crippen LogP contribution in [0.4, 0.5) is 11.4 Å². The van der Waals surface area contributed by atoms with Crippen LogP contribution in [0.1, 0.15) is 44.9 Å². The molecule has 0 unspecified atom stereocenters. The number of carbonyl (C=O) groups is 2. The molecule has 2 fully saturated rings. The number of imide groups is 1. The normalized spacial score (nSPS) is 21.8. The minimum atomic E-state index is -0.530. The summed E-state index contributed by atoms with van der Waals surface area (Å²) in [5.74, 6) is -0.273. The van der Waals surface area contributed by atoms with E-state index >= 15 is 0 Å². The molecule has 5 nitrogen and oxygen atoms in total. The van der Waals surface area contributed by atoms with Gasteiger partial charge in [-0.05, 0) is 25.0 Å². The summed E-state index contributed by atoms with van der Waals surface area (Å²) in [4.78, 5) is 26.5. The maximum Gasteiger partial charge on any atom is 0.240 e. The zero-order chi connectivity index (χ0) is 15.0. The predicted molar refractivity (Wildman–Crippen MR) is 79.8 cm³/mol. The lowest BCUT2D eigenvalue weighted by atomic mass is 9.79. The van der Waals surface area contributed by atoms with Gasteiger partial charge in [0, 0.05) is 12.5 Å².